The first kappa shape index (κ1) is 8.70. The van der Waals surface area contributed by atoms with E-state index in [0.29, 0.717) is 0 Å². The molecule has 1 nitrogen and oxygen atoms in total. The van der Waals surface area contributed by atoms with Crippen LogP contribution >= 0.6 is 0 Å². The van der Waals surface area contributed by atoms with Crippen LogP contribution in [0.3, 0.4) is 0 Å². The van der Waals surface area contributed by atoms with Crippen molar-refractivity contribution in [3.05, 3.63) is 48.5 Å². The number of nitrogens with zero attached hydrogens (tertiary/aromatic N) is 1. The second-order valence-corrected chi connectivity index (χ2v) is 3.09. The normalized spacial score (nSPS) is 10.0. The van der Waals surface area contributed by atoms with E-state index < -0.39 is 0 Å². The van der Waals surface area contributed by atoms with Crippen LogP contribution in [-0.4, -0.2) is 6.72 Å². The molecule has 2 rings (SSSR count). The van der Waals surface area contributed by atoms with E-state index in [-0.39, 0.29) is 0 Å². The van der Waals surface area contributed by atoms with Gasteiger partial charge in [-0.25, -0.2) is 0 Å². The third kappa shape index (κ3) is 1.23. The van der Waals surface area contributed by atoms with Gasteiger partial charge in [0.25, 0.3) is 0 Å². The predicted molar refractivity (Wildman–Crippen MR) is 63.2 cm³/mol. The van der Waals surface area contributed by atoms with Crippen LogP contribution in [0.4, 0.5) is 5.69 Å². The summed E-state index contributed by atoms with van der Waals surface area (Å²) in [6.45, 7) is 7.35. The Morgan fingerprint density at radius 2 is 1.86 bits per heavy atom. The average molecular weight is 181 g/mol. The Hall–Kier alpha value is -1.89. The number of aliphatic imine (C=N–C) groups is 1. The fraction of sp³-hybridized carbons (Fsp3) is 0. The molecule has 0 aliphatic heterocycles. The van der Waals surface area contributed by atoms with E-state index in [1.807, 2.05) is 24.3 Å². The smallest absolute Gasteiger partial charge is 0.0772 e. The van der Waals surface area contributed by atoms with Crippen molar-refractivity contribution in [3.63, 3.8) is 0 Å². The molecule has 0 aliphatic rings. The van der Waals surface area contributed by atoms with Crippen LogP contribution in [0.25, 0.3) is 16.8 Å². The van der Waals surface area contributed by atoms with Gasteiger partial charge in [0.2, 0.25) is 0 Å². The molecular formula is C13H11N. The quantitative estimate of drug-likeness (QED) is 0.624. The lowest BCUT2D eigenvalue weighted by atomic mass is 10.0. The summed E-state index contributed by atoms with van der Waals surface area (Å²) in [6.07, 6.45) is 1.80. The SMILES string of the molecule is C=Cc1ccc2ccccc2c1N=C. The minimum absolute atomic E-state index is 0.915. The molecule has 0 aromatic heterocycles. The Balaban J connectivity index is 2.90. The monoisotopic (exact) mass is 181 g/mol. The fourth-order valence-electron chi connectivity index (χ4n) is 1.61. The maximum Gasteiger partial charge on any atom is 0.0772 e. The van der Waals surface area contributed by atoms with E-state index in [1.165, 1.54) is 5.39 Å². The van der Waals surface area contributed by atoms with Crippen molar-refractivity contribution in [2.45, 2.75) is 0 Å². The van der Waals surface area contributed by atoms with Crippen LogP contribution in [0.15, 0.2) is 48.0 Å². The summed E-state index contributed by atoms with van der Waals surface area (Å²) in [7, 11) is 0. The second-order valence-electron chi connectivity index (χ2n) is 3.09. The van der Waals surface area contributed by atoms with Crippen LogP contribution in [0.2, 0.25) is 0 Å². The van der Waals surface area contributed by atoms with E-state index in [2.05, 4.69) is 30.4 Å². The van der Waals surface area contributed by atoms with Gasteiger partial charge in [-0.3, -0.25) is 4.99 Å². The highest BCUT2D eigenvalue weighted by Gasteiger charge is 2.01. The van der Waals surface area contributed by atoms with Crippen molar-refractivity contribution >= 4 is 29.3 Å². The Labute approximate surface area is 83.4 Å². The Bertz CT molecular complexity index is 498. The predicted octanol–water partition coefficient (Wildman–Crippen LogP) is 3.81. The maximum atomic E-state index is 4.05. The lowest BCUT2D eigenvalue weighted by Crippen LogP contribution is -1.77. The van der Waals surface area contributed by atoms with Gasteiger partial charge in [-0.05, 0) is 12.1 Å². The summed E-state index contributed by atoms with van der Waals surface area (Å²) in [5.74, 6) is 0. The largest absolute Gasteiger partial charge is 0.263 e. The molecule has 0 aliphatic carbocycles. The van der Waals surface area contributed by atoms with Gasteiger partial charge < -0.3 is 0 Å². The van der Waals surface area contributed by atoms with E-state index in [4.69, 9.17) is 0 Å². The number of benzene rings is 2. The first-order valence-corrected chi connectivity index (χ1v) is 4.47. The van der Waals surface area contributed by atoms with Gasteiger partial charge >= 0.3 is 0 Å². The van der Waals surface area contributed by atoms with E-state index >= 15 is 0 Å². The summed E-state index contributed by atoms with van der Waals surface area (Å²) < 4.78 is 0. The topological polar surface area (TPSA) is 12.4 Å². The standard InChI is InChI=1S/C13H11N/c1-3-10-8-9-11-6-4-5-7-12(11)13(10)14-2/h3-9H,1-2H2. The third-order valence-electron chi connectivity index (χ3n) is 2.31. The summed E-state index contributed by atoms with van der Waals surface area (Å²) >= 11 is 0. The minimum Gasteiger partial charge on any atom is -0.263 e. The molecule has 0 bridgehead atoms. The summed E-state index contributed by atoms with van der Waals surface area (Å²) in [4.78, 5) is 4.05. The third-order valence-corrected chi connectivity index (χ3v) is 2.31. The molecule has 0 unspecified atom stereocenters. The van der Waals surface area contributed by atoms with Crippen molar-refractivity contribution in [3.8, 4) is 0 Å². The average Bonchev–Trinajstić information content (AvgIpc) is 2.27. The molecule has 0 amide bonds. The number of fused-ring (bicyclic) bond motifs is 1. The Morgan fingerprint density at radius 1 is 1.07 bits per heavy atom. The molecule has 2 aromatic carbocycles. The minimum atomic E-state index is 0.915. The molecule has 68 valence electrons. The zero-order valence-electron chi connectivity index (χ0n) is 7.90. The second kappa shape index (κ2) is 3.46. The fourth-order valence-corrected chi connectivity index (χ4v) is 1.61. The van der Waals surface area contributed by atoms with Crippen molar-refractivity contribution in [2.75, 3.05) is 0 Å². The molecule has 0 atom stereocenters. The molecule has 2 aromatic rings. The lowest BCUT2D eigenvalue weighted by Gasteiger charge is -2.04. The zero-order chi connectivity index (χ0) is 9.97. The van der Waals surface area contributed by atoms with Crippen LogP contribution in [0.1, 0.15) is 5.56 Å². The van der Waals surface area contributed by atoms with Gasteiger partial charge in [0, 0.05) is 10.9 Å². The van der Waals surface area contributed by atoms with Crippen molar-refractivity contribution in [1.82, 2.24) is 0 Å². The van der Waals surface area contributed by atoms with Crippen molar-refractivity contribution in [1.29, 1.82) is 0 Å². The van der Waals surface area contributed by atoms with Gasteiger partial charge in [0.1, 0.15) is 0 Å². The van der Waals surface area contributed by atoms with Gasteiger partial charge in [0.15, 0.2) is 0 Å². The maximum absolute atomic E-state index is 4.05. The summed E-state index contributed by atoms with van der Waals surface area (Å²) in [5.41, 5.74) is 1.94. The first-order chi connectivity index (χ1) is 6.86. The molecule has 0 spiro atoms. The van der Waals surface area contributed by atoms with Crippen LogP contribution < -0.4 is 0 Å². The molecule has 0 fully saturated rings. The van der Waals surface area contributed by atoms with Crippen molar-refractivity contribution < 1.29 is 0 Å². The van der Waals surface area contributed by atoms with Crippen LogP contribution in [0.5, 0.6) is 0 Å². The molecule has 1 heteroatoms. The first-order valence-electron chi connectivity index (χ1n) is 4.47. The number of rotatable bonds is 2. The molecule has 0 N–H and O–H groups in total. The summed E-state index contributed by atoms with van der Waals surface area (Å²) in [5, 5.41) is 2.31. The molecule has 0 saturated carbocycles. The van der Waals surface area contributed by atoms with E-state index in [9.17, 15) is 0 Å². The summed E-state index contributed by atoms with van der Waals surface area (Å²) in [6, 6.07) is 12.2. The Kier molecular flexibility index (Phi) is 2.15. The molecule has 0 radical (unpaired) electrons. The van der Waals surface area contributed by atoms with Gasteiger partial charge in [-0.15, -0.1) is 0 Å². The highest BCUT2D eigenvalue weighted by atomic mass is 14.7. The van der Waals surface area contributed by atoms with Crippen molar-refractivity contribution in [2.24, 2.45) is 4.99 Å². The van der Waals surface area contributed by atoms with Gasteiger partial charge in [0.05, 0.1) is 5.69 Å². The lowest BCUT2D eigenvalue weighted by molar-refractivity contribution is 1.57. The van der Waals surface area contributed by atoms with Gasteiger partial charge in [-0.1, -0.05) is 49.1 Å². The van der Waals surface area contributed by atoms with E-state index in [0.717, 1.165) is 16.6 Å². The van der Waals surface area contributed by atoms with Crippen LogP contribution in [-0.2, 0) is 0 Å². The molecular weight excluding hydrogens is 170 g/mol. The highest BCUT2D eigenvalue weighted by molar-refractivity contribution is 5.96. The number of hydrogen-bond acceptors (Lipinski definition) is 1. The molecule has 0 heterocycles. The highest BCUT2D eigenvalue weighted by Crippen LogP contribution is 2.30. The van der Waals surface area contributed by atoms with Gasteiger partial charge in [-0.2, -0.15) is 0 Å². The molecule has 14 heavy (non-hydrogen) atoms. The molecule has 0 saturated heterocycles. The Morgan fingerprint density at radius 3 is 2.57 bits per heavy atom. The van der Waals surface area contributed by atoms with Crippen LogP contribution in [0, 0.1) is 0 Å². The number of hydrogen-bond donors (Lipinski definition) is 0. The van der Waals surface area contributed by atoms with E-state index in [1.54, 1.807) is 6.08 Å². The zero-order valence-corrected chi connectivity index (χ0v) is 7.90.